The molecule has 1 N–H and O–H groups in total. The van der Waals surface area contributed by atoms with Crippen LogP contribution in [0.2, 0.25) is 0 Å². The molecule has 0 amide bonds. The van der Waals surface area contributed by atoms with E-state index in [1.807, 2.05) is 24.0 Å². The molecule has 1 saturated heterocycles. The molecular weight excluding hydrogens is 457 g/mol. The standard InChI is InChI=1S/C24H26FN5O3S/c1-15-17(5-4-6-22(15)34(3,31)32)16(2)27-23-18-13-21(29-9-11-33-12-10-29)19(25)14-20(18)30-8-7-26-24(30)28-23/h4-8,13-14,16H,9-12H2,1-3H3,(H,26,27,28)/t16-/m1/s1. The molecule has 178 valence electrons. The third kappa shape index (κ3) is 3.97. The average Bonchev–Trinajstić information content (AvgIpc) is 3.27. The van der Waals surface area contributed by atoms with Gasteiger partial charge in [-0.05, 0) is 37.1 Å². The van der Waals surface area contributed by atoms with Crippen molar-refractivity contribution >= 4 is 38.0 Å². The summed E-state index contributed by atoms with van der Waals surface area (Å²) in [6.07, 6.45) is 4.59. The van der Waals surface area contributed by atoms with E-state index < -0.39 is 9.84 Å². The van der Waals surface area contributed by atoms with Crippen molar-refractivity contribution in [2.24, 2.45) is 0 Å². The van der Waals surface area contributed by atoms with Crippen LogP contribution in [0.5, 0.6) is 0 Å². The van der Waals surface area contributed by atoms with Crippen LogP contribution in [0.4, 0.5) is 15.9 Å². The van der Waals surface area contributed by atoms with Crippen LogP contribution in [0.25, 0.3) is 16.7 Å². The van der Waals surface area contributed by atoms with Crippen molar-refractivity contribution in [3.05, 3.63) is 59.7 Å². The van der Waals surface area contributed by atoms with Gasteiger partial charge in [0, 0.05) is 43.2 Å². The first kappa shape index (κ1) is 22.5. The fourth-order valence-electron chi connectivity index (χ4n) is 4.61. The van der Waals surface area contributed by atoms with E-state index in [0.717, 1.165) is 10.9 Å². The zero-order valence-corrected chi connectivity index (χ0v) is 20.1. The summed E-state index contributed by atoms with van der Waals surface area (Å²) in [4.78, 5) is 11.3. The second kappa shape index (κ2) is 8.52. The third-order valence-corrected chi connectivity index (χ3v) is 7.55. The van der Waals surface area contributed by atoms with Gasteiger partial charge in [-0.15, -0.1) is 0 Å². The minimum atomic E-state index is -3.36. The Hall–Kier alpha value is -3.24. The predicted octanol–water partition coefficient (Wildman–Crippen LogP) is 3.74. The summed E-state index contributed by atoms with van der Waals surface area (Å²) in [6.45, 7) is 6.08. The highest BCUT2D eigenvalue weighted by atomic mass is 32.2. The van der Waals surface area contributed by atoms with E-state index in [1.165, 1.54) is 12.3 Å². The van der Waals surface area contributed by atoms with Crippen LogP contribution in [-0.4, -0.2) is 55.3 Å². The summed E-state index contributed by atoms with van der Waals surface area (Å²) < 4.78 is 46.8. The Kier molecular flexibility index (Phi) is 5.65. The smallest absolute Gasteiger partial charge is 0.236 e. The van der Waals surface area contributed by atoms with E-state index in [4.69, 9.17) is 9.72 Å². The number of nitrogens with zero attached hydrogens (tertiary/aromatic N) is 4. The molecule has 2 aromatic heterocycles. The summed E-state index contributed by atoms with van der Waals surface area (Å²) in [7, 11) is -3.36. The Balaban J connectivity index is 1.62. The Morgan fingerprint density at radius 2 is 1.97 bits per heavy atom. The summed E-state index contributed by atoms with van der Waals surface area (Å²) in [6, 6.07) is 8.33. The van der Waals surface area contributed by atoms with E-state index in [9.17, 15) is 8.42 Å². The van der Waals surface area contributed by atoms with Gasteiger partial charge in [-0.2, -0.15) is 4.98 Å². The quantitative estimate of drug-likeness (QED) is 0.463. The van der Waals surface area contributed by atoms with Crippen molar-refractivity contribution in [1.82, 2.24) is 14.4 Å². The highest BCUT2D eigenvalue weighted by molar-refractivity contribution is 7.90. The number of nitrogens with one attached hydrogen (secondary N) is 1. The normalized spacial score (nSPS) is 15.7. The Morgan fingerprint density at radius 3 is 2.71 bits per heavy atom. The van der Waals surface area contributed by atoms with E-state index in [2.05, 4.69) is 10.3 Å². The van der Waals surface area contributed by atoms with Crippen molar-refractivity contribution in [3.63, 3.8) is 0 Å². The molecule has 3 heterocycles. The largest absolute Gasteiger partial charge is 0.378 e. The van der Waals surface area contributed by atoms with Gasteiger partial charge < -0.3 is 15.0 Å². The number of fused-ring (bicyclic) bond motifs is 3. The van der Waals surface area contributed by atoms with Gasteiger partial charge in [-0.25, -0.2) is 17.8 Å². The number of rotatable bonds is 5. The maximum absolute atomic E-state index is 15.2. The minimum absolute atomic E-state index is 0.258. The molecule has 34 heavy (non-hydrogen) atoms. The lowest BCUT2D eigenvalue weighted by Crippen LogP contribution is -2.36. The second-order valence-corrected chi connectivity index (χ2v) is 10.6. The summed E-state index contributed by atoms with van der Waals surface area (Å²) in [5, 5.41) is 4.17. The second-order valence-electron chi connectivity index (χ2n) is 8.59. The molecule has 8 nitrogen and oxygen atoms in total. The van der Waals surface area contributed by atoms with Crippen LogP contribution in [0, 0.1) is 12.7 Å². The van der Waals surface area contributed by atoms with Gasteiger partial charge in [0.15, 0.2) is 9.84 Å². The molecule has 1 aliphatic heterocycles. The fourth-order valence-corrected chi connectivity index (χ4v) is 5.61. The zero-order chi connectivity index (χ0) is 24.0. The molecule has 2 aromatic carbocycles. The number of morpholine rings is 1. The van der Waals surface area contributed by atoms with Crippen molar-refractivity contribution in [1.29, 1.82) is 0 Å². The van der Waals surface area contributed by atoms with E-state index >= 15 is 4.39 Å². The third-order valence-electron chi connectivity index (χ3n) is 6.31. The highest BCUT2D eigenvalue weighted by Crippen LogP contribution is 2.33. The van der Waals surface area contributed by atoms with Crippen molar-refractivity contribution in [2.45, 2.75) is 24.8 Å². The molecule has 0 bridgehead atoms. The van der Waals surface area contributed by atoms with Gasteiger partial charge in [0.1, 0.15) is 11.6 Å². The number of ether oxygens (including phenoxy) is 1. The van der Waals surface area contributed by atoms with Gasteiger partial charge in [0.2, 0.25) is 5.78 Å². The molecule has 1 aliphatic rings. The summed E-state index contributed by atoms with van der Waals surface area (Å²) in [5.41, 5.74) is 2.68. The molecular formula is C24H26FN5O3S. The van der Waals surface area contributed by atoms with Crippen LogP contribution in [0.15, 0.2) is 47.6 Å². The number of halogens is 1. The Bertz CT molecular complexity index is 1500. The number of hydrogen-bond acceptors (Lipinski definition) is 7. The number of benzene rings is 2. The SMILES string of the molecule is Cc1c([C@@H](C)Nc2nc3nccn3c3cc(F)c(N4CCOCC4)cc23)cccc1S(C)(=O)=O. The molecule has 0 saturated carbocycles. The number of aromatic nitrogens is 3. The number of sulfone groups is 1. The van der Waals surface area contributed by atoms with Crippen molar-refractivity contribution < 1.29 is 17.5 Å². The molecule has 0 radical (unpaired) electrons. The monoisotopic (exact) mass is 483 g/mol. The van der Waals surface area contributed by atoms with Gasteiger partial charge in [-0.3, -0.25) is 4.40 Å². The molecule has 1 atom stereocenters. The van der Waals surface area contributed by atoms with Crippen LogP contribution < -0.4 is 10.2 Å². The lowest BCUT2D eigenvalue weighted by Gasteiger charge is -2.29. The first-order valence-electron chi connectivity index (χ1n) is 11.1. The number of hydrogen-bond donors (Lipinski definition) is 1. The topological polar surface area (TPSA) is 88.8 Å². The number of imidazole rings is 1. The van der Waals surface area contributed by atoms with Crippen LogP contribution in [-0.2, 0) is 14.6 Å². The number of anilines is 2. The Labute approximate surface area is 197 Å². The van der Waals surface area contributed by atoms with Crippen LogP contribution >= 0.6 is 0 Å². The first-order valence-corrected chi connectivity index (χ1v) is 13.0. The average molecular weight is 484 g/mol. The Morgan fingerprint density at radius 1 is 1.21 bits per heavy atom. The molecule has 4 aromatic rings. The molecule has 1 fully saturated rings. The van der Waals surface area contributed by atoms with Crippen LogP contribution in [0.1, 0.15) is 24.1 Å². The fraction of sp³-hybridized carbons (Fsp3) is 0.333. The van der Waals surface area contributed by atoms with Crippen LogP contribution in [0.3, 0.4) is 0 Å². The van der Waals surface area contributed by atoms with Crippen molar-refractivity contribution in [3.8, 4) is 0 Å². The lowest BCUT2D eigenvalue weighted by atomic mass is 10.0. The van der Waals surface area contributed by atoms with Gasteiger partial charge >= 0.3 is 0 Å². The van der Waals surface area contributed by atoms with Gasteiger partial charge in [0.05, 0.1) is 35.4 Å². The zero-order valence-electron chi connectivity index (χ0n) is 19.2. The van der Waals surface area contributed by atoms with E-state index in [0.29, 0.717) is 59.6 Å². The summed E-state index contributed by atoms with van der Waals surface area (Å²) >= 11 is 0. The minimum Gasteiger partial charge on any atom is -0.378 e. The van der Waals surface area contributed by atoms with Gasteiger partial charge in [-0.1, -0.05) is 12.1 Å². The molecule has 0 aliphatic carbocycles. The van der Waals surface area contributed by atoms with Crippen molar-refractivity contribution in [2.75, 3.05) is 42.8 Å². The molecule has 0 unspecified atom stereocenters. The van der Waals surface area contributed by atoms with E-state index in [1.54, 1.807) is 35.9 Å². The highest BCUT2D eigenvalue weighted by Gasteiger charge is 2.21. The lowest BCUT2D eigenvalue weighted by molar-refractivity contribution is 0.122. The van der Waals surface area contributed by atoms with E-state index in [-0.39, 0.29) is 11.9 Å². The summed E-state index contributed by atoms with van der Waals surface area (Å²) in [5.74, 6) is 0.688. The maximum atomic E-state index is 15.2. The van der Waals surface area contributed by atoms with Gasteiger partial charge in [0.25, 0.3) is 0 Å². The first-order chi connectivity index (χ1) is 16.2. The molecule has 10 heteroatoms. The predicted molar refractivity (Wildman–Crippen MR) is 130 cm³/mol. The molecule has 0 spiro atoms. The maximum Gasteiger partial charge on any atom is 0.236 e. The molecule has 5 rings (SSSR count).